The molecule has 0 saturated heterocycles. The van der Waals surface area contributed by atoms with Crippen molar-refractivity contribution in [2.45, 2.75) is 0 Å². The molecule has 1 aromatic carbocycles. The molecule has 59 valence electrons. The van der Waals surface area contributed by atoms with E-state index in [1.54, 1.807) is 0 Å². The molecular formula is C9H9N2Y-. The third-order valence-corrected chi connectivity index (χ3v) is 1.81. The van der Waals surface area contributed by atoms with Crippen LogP contribution in [0.4, 0.5) is 5.69 Å². The summed E-state index contributed by atoms with van der Waals surface area (Å²) in [5, 5.41) is 1.08. The van der Waals surface area contributed by atoms with Gasteiger partial charge in [0.25, 0.3) is 0 Å². The normalized spacial score (nSPS) is 9.75. The van der Waals surface area contributed by atoms with E-state index in [1.165, 1.54) is 5.52 Å². The zero-order valence-electron chi connectivity index (χ0n) is 6.91. The standard InChI is InChI=1S/C9H9N2.Y/c1-11-5-4-7-6-8(10)2-3-9(7)11;/h2-3,5-6H,10H2,1H3;/q-1;. The van der Waals surface area contributed by atoms with Gasteiger partial charge in [0.15, 0.2) is 0 Å². The van der Waals surface area contributed by atoms with Gasteiger partial charge in [-0.15, -0.1) is 6.07 Å². The Labute approximate surface area is 96.6 Å². The smallest absolute Gasteiger partial charge is 0 e. The van der Waals surface area contributed by atoms with E-state index in [2.05, 4.69) is 6.07 Å². The molecule has 0 spiro atoms. The van der Waals surface area contributed by atoms with E-state index >= 15 is 0 Å². The summed E-state index contributed by atoms with van der Waals surface area (Å²) >= 11 is 0. The molecular weight excluding hydrogens is 225 g/mol. The van der Waals surface area contributed by atoms with Crippen LogP contribution in [0.15, 0.2) is 24.4 Å². The molecule has 1 aromatic heterocycles. The summed E-state index contributed by atoms with van der Waals surface area (Å²) in [5.41, 5.74) is 7.56. The van der Waals surface area contributed by atoms with Gasteiger partial charge >= 0.3 is 0 Å². The molecule has 0 bridgehead atoms. The van der Waals surface area contributed by atoms with Crippen LogP contribution in [-0.4, -0.2) is 4.57 Å². The molecule has 0 aliphatic rings. The van der Waals surface area contributed by atoms with Crippen LogP contribution in [0.3, 0.4) is 0 Å². The summed E-state index contributed by atoms with van der Waals surface area (Å²) in [5.74, 6) is 0. The van der Waals surface area contributed by atoms with E-state index in [4.69, 9.17) is 5.73 Å². The zero-order valence-corrected chi connectivity index (χ0v) is 9.75. The summed E-state index contributed by atoms with van der Waals surface area (Å²) in [6.45, 7) is 0. The third-order valence-electron chi connectivity index (χ3n) is 1.81. The van der Waals surface area contributed by atoms with Crippen LogP contribution in [0, 0.1) is 6.07 Å². The monoisotopic (exact) mass is 234 g/mol. The largest absolute Gasteiger partial charge is 0.414 e. The van der Waals surface area contributed by atoms with Gasteiger partial charge in [0, 0.05) is 32.7 Å². The maximum Gasteiger partial charge on any atom is 0 e. The van der Waals surface area contributed by atoms with Gasteiger partial charge in [0.1, 0.15) is 0 Å². The first-order valence-electron chi connectivity index (χ1n) is 3.49. The van der Waals surface area contributed by atoms with Gasteiger partial charge in [-0.05, 0) is 12.7 Å². The van der Waals surface area contributed by atoms with Crippen LogP contribution < -0.4 is 5.73 Å². The van der Waals surface area contributed by atoms with Crippen molar-refractivity contribution in [2.75, 3.05) is 5.73 Å². The number of hydrogen-bond donors (Lipinski definition) is 1. The Balaban J connectivity index is 0.000000720. The summed E-state index contributed by atoms with van der Waals surface area (Å²) in [7, 11) is 2.00. The van der Waals surface area contributed by atoms with E-state index in [0.29, 0.717) is 0 Å². The van der Waals surface area contributed by atoms with Crippen LogP contribution in [0.25, 0.3) is 10.9 Å². The number of benzene rings is 1. The maximum absolute atomic E-state index is 5.60. The summed E-state index contributed by atoms with van der Waals surface area (Å²) in [4.78, 5) is 0. The summed E-state index contributed by atoms with van der Waals surface area (Å²) in [6, 6.07) is 8.94. The first-order valence-corrected chi connectivity index (χ1v) is 3.49. The molecule has 0 saturated carbocycles. The van der Waals surface area contributed by atoms with Crippen molar-refractivity contribution in [2.24, 2.45) is 7.05 Å². The molecule has 2 aromatic rings. The third kappa shape index (κ3) is 1.55. The molecule has 2 rings (SSSR count). The summed E-state index contributed by atoms with van der Waals surface area (Å²) in [6.07, 6.45) is 1.91. The number of aryl methyl sites for hydroxylation is 1. The molecule has 0 fully saturated rings. The Morgan fingerprint density at radius 1 is 1.42 bits per heavy atom. The number of anilines is 1. The first-order chi connectivity index (χ1) is 5.27. The van der Waals surface area contributed by atoms with Crippen LogP contribution in [0.1, 0.15) is 0 Å². The maximum atomic E-state index is 5.60. The van der Waals surface area contributed by atoms with Gasteiger partial charge in [-0.25, -0.2) is 0 Å². The van der Waals surface area contributed by atoms with Crippen LogP contribution in [-0.2, 0) is 39.8 Å². The van der Waals surface area contributed by atoms with Crippen molar-refractivity contribution in [3.05, 3.63) is 30.5 Å². The fourth-order valence-electron chi connectivity index (χ4n) is 1.21. The fourth-order valence-corrected chi connectivity index (χ4v) is 1.21. The molecule has 12 heavy (non-hydrogen) atoms. The molecule has 1 radical (unpaired) electrons. The van der Waals surface area contributed by atoms with Crippen molar-refractivity contribution in [1.29, 1.82) is 0 Å². The van der Waals surface area contributed by atoms with Gasteiger partial charge in [-0.3, -0.25) is 0 Å². The van der Waals surface area contributed by atoms with Gasteiger partial charge in [0.05, 0.1) is 0 Å². The Hall–Kier alpha value is -0.336. The molecule has 2 nitrogen and oxygen atoms in total. The predicted molar refractivity (Wildman–Crippen MR) is 46.2 cm³/mol. The van der Waals surface area contributed by atoms with Crippen LogP contribution >= 0.6 is 0 Å². The fraction of sp³-hybridized carbons (Fsp3) is 0.111. The van der Waals surface area contributed by atoms with Crippen LogP contribution in [0.2, 0.25) is 0 Å². The van der Waals surface area contributed by atoms with E-state index in [1.807, 2.05) is 36.0 Å². The topological polar surface area (TPSA) is 30.9 Å². The number of fused-ring (bicyclic) bond motifs is 1. The van der Waals surface area contributed by atoms with E-state index < -0.39 is 0 Å². The molecule has 1 heterocycles. The Bertz CT molecular complexity index is 392. The first kappa shape index (κ1) is 9.75. The molecule has 3 heteroatoms. The Morgan fingerprint density at radius 2 is 2.17 bits per heavy atom. The molecule has 0 aliphatic carbocycles. The average molecular weight is 234 g/mol. The second-order valence-corrected chi connectivity index (χ2v) is 2.66. The molecule has 0 amide bonds. The van der Waals surface area contributed by atoms with E-state index in [9.17, 15) is 0 Å². The van der Waals surface area contributed by atoms with Crippen molar-refractivity contribution < 1.29 is 32.7 Å². The van der Waals surface area contributed by atoms with E-state index in [0.717, 1.165) is 11.1 Å². The minimum Gasteiger partial charge on any atom is -0.414 e. The number of nitrogen functional groups attached to an aromatic ring is 1. The predicted octanol–water partition coefficient (Wildman–Crippen LogP) is 1.56. The Morgan fingerprint density at radius 3 is 2.92 bits per heavy atom. The molecule has 0 atom stereocenters. The van der Waals surface area contributed by atoms with Crippen molar-refractivity contribution in [3.63, 3.8) is 0 Å². The number of rotatable bonds is 0. The zero-order chi connectivity index (χ0) is 7.84. The minimum absolute atomic E-state index is 0. The second-order valence-electron chi connectivity index (χ2n) is 2.66. The van der Waals surface area contributed by atoms with E-state index in [-0.39, 0.29) is 32.7 Å². The quantitative estimate of drug-likeness (QED) is 0.544. The molecule has 0 unspecified atom stereocenters. The van der Waals surface area contributed by atoms with Gasteiger partial charge in [-0.2, -0.15) is 11.5 Å². The van der Waals surface area contributed by atoms with Crippen molar-refractivity contribution in [1.82, 2.24) is 4.57 Å². The number of nitrogens with two attached hydrogens (primary N) is 1. The Kier molecular flexibility index (Phi) is 2.91. The minimum atomic E-state index is 0. The second kappa shape index (κ2) is 3.59. The number of aromatic nitrogens is 1. The SMILES string of the molecule is Cn1c[c-]c2cc(N)ccc21.[Y]. The average Bonchev–Trinajstić information content (AvgIpc) is 2.32. The number of nitrogens with zero attached hydrogens (tertiary/aromatic N) is 1. The van der Waals surface area contributed by atoms with Gasteiger partial charge < -0.3 is 10.3 Å². The molecule has 0 aliphatic heterocycles. The van der Waals surface area contributed by atoms with Crippen molar-refractivity contribution in [3.8, 4) is 0 Å². The van der Waals surface area contributed by atoms with Gasteiger partial charge in [0.2, 0.25) is 0 Å². The number of hydrogen-bond acceptors (Lipinski definition) is 1. The molecule has 2 N–H and O–H groups in total. The van der Waals surface area contributed by atoms with Gasteiger partial charge in [-0.1, -0.05) is 23.8 Å². The van der Waals surface area contributed by atoms with Crippen LogP contribution in [0.5, 0.6) is 0 Å². The van der Waals surface area contributed by atoms with Crippen molar-refractivity contribution >= 4 is 16.6 Å². The summed E-state index contributed by atoms with van der Waals surface area (Å²) < 4.78 is 2.02.